The first-order valence-corrected chi connectivity index (χ1v) is 8.00. The topological polar surface area (TPSA) is 87.2 Å². The number of alkyl halides is 3. The van der Waals surface area contributed by atoms with Crippen LogP contribution in [0.25, 0.3) is 0 Å². The summed E-state index contributed by atoms with van der Waals surface area (Å²) >= 11 is 0. The third-order valence-electron chi connectivity index (χ3n) is 5.58. The number of carbonyl (C=O) groups excluding carboxylic acids is 1. The Labute approximate surface area is 145 Å². The lowest BCUT2D eigenvalue weighted by Crippen LogP contribution is -2.36. The van der Waals surface area contributed by atoms with Gasteiger partial charge >= 0.3 is 6.18 Å². The molecule has 4 rings (SSSR count). The summed E-state index contributed by atoms with van der Waals surface area (Å²) in [7, 11) is 0. The fourth-order valence-corrected chi connectivity index (χ4v) is 4.60. The van der Waals surface area contributed by atoms with Gasteiger partial charge in [-0.1, -0.05) is 12.2 Å². The Hall–Kier alpha value is -2.89. The fraction of sp³-hybridized carbons (Fsp3) is 0.412. The Kier molecular flexibility index (Phi) is 3.38. The molecule has 1 amide bonds. The highest BCUT2D eigenvalue weighted by atomic mass is 19.4. The van der Waals surface area contributed by atoms with Crippen LogP contribution < -0.4 is 4.90 Å². The largest absolute Gasteiger partial charge is 0.423 e. The Morgan fingerprint density at radius 3 is 2.58 bits per heavy atom. The first-order valence-electron chi connectivity index (χ1n) is 8.00. The molecule has 5 atom stereocenters. The van der Waals surface area contributed by atoms with E-state index in [9.17, 15) is 33.3 Å². The average molecular weight is 363 g/mol. The first-order chi connectivity index (χ1) is 12.2. The molecule has 2 aliphatic carbocycles. The summed E-state index contributed by atoms with van der Waals surface area (Å²) in [5.41, 5.74) is -2.64. The number of nitriles is 1. The van der Waals surface area contributed by atoms with E-state index in [0.717, 1.165) is 23.5 Å². The number of amides is 1. The number of nitro groups is 1. The molecule has 3 aliphatic rings. The van der Waals surface area contributed by atoms with Crippen molar-refractivity contribution in [3.8, 4) is 6.07 Å². The molecule has 2 bridgehead atoms. The van der Waals surface area contributed by atoms with Gasteiger partial charge in [-0.15, -0.1) is 0 Å². The van der Waals surface area contributed by atoms with E-state index >= 15 is 0 Å². The van der Waals surface area contributed by atoms with Gasteiger partial charge in [0.2, 0.25) is 5.91 Å². The third kappa shape index (κ3) is 2.14. The lowest BCUT2D eigenvalue weighted by atomic mass is 9.82. The van der Waals surface area contributed by atoms with E-state index < -0.39 is 34.3 Å². The quantitative estimate of drug-likeness (QED) is 0.458. The summed E-state index contributed by atoms with van der Waals surface area (Å²) in [6.45, 7) is 0. The van der Waals surface area contributed by atoms with Crippen LogP contribution >= 0.6 is 0 Å². The molecule has 2 fully saturated rings. The number of anilines is 1. The molecule has 0 spiro atoms. The minimum atomic E-state index is -4.94. The van der Waals surface area contributed by atoms with Crippen LogP contribution in [0.3, 0.4) is 0 Å². The van der Waals surface area contributed by atoms with Gasteiger partial charge in [-0.2, -0.15) is 18.4 Å². The summed E-state index contributed by atoms with van der Waals surface area (Å²) in [6.07, 6.45) is -0.274. The summed E-state index contributed by atoms with van der Waals surface area (Å²) in [5.74, 6) is -1.01. The number of allylic oxidation sites excluding steroid dienone is 2. The maximum absolute atomic E-state index is 13.2. The average Bonchev–Trinajstić information content (AvgIpc) is 3.25. The summed E-state index contributed by atoms with van der Waals surface area (Å²) in [5, 5.41) is 20.5. The van der Waals surface area contributed by atoms with E-state index in [1.807, 2.05) is 12.2 Å². The van der Waals surface area contributed by atoms with Crippen LogP contribution in [0.2, 0.25) is 0 Å². The SMILES string of the molecule is N#C[C@@H]1[C@@H]2[C@H](C(=O)N1c1ccc([N+](=O)[O-])c(C(F)(F)F)c1)[C@@H]1C=C[C@H]2C1. The number of nitro benzene ring substituents is 1. The van der Waals surface area contributed by atoms with Crippen molar-refractivity contribution in [3.63, 3.8) is 0 Å². The molecule has 9 heteroatoms. The highest BCUT2D eigenvalue weighted by Crippen LogP contribution is 2.55. The third-order valence-corrected chi connectivity index (χ3v) is 5.58. The standard InChI is InChI=1S/C17H12F3N3O3/c18-17(19,20)11-6-10(3-4-12(11)23(25)26)22-13(7-21)14-8-1-2-9(5-8)15(14)16(22)24/h1-4,6,8-9,13-15H,5H2/t8-,9+,13+,14+,15+/m0/s1. The van der Waals surface area contributed by atoms with Crippen molar-refractivity contribution in [3.05, 3.63) is 46.0 Å². The molecule has 0 aromatic heterocycles. The Morgan fingerprint density at radius 2 is 1.96 bits per heavy atom. The second-order valence-electron chi connectivity index (χ2n) is 6.79. The number of hydrogen-bond donors (Lipinski definition) is 0. The van der Waals surface area contributed by atoms with Gasteiger partial charge < -0.3 is 0 Å². The van der Waals surface area contributed by atoms with Gasteiger partial charge in [0.25, 0.3) is 5.69 Å². The first kappa shape index (κ1) is 16.6. The monoisotopic (exact) mass is 363 g/mol. The van der Waals surface area contributed by atoms with E-state index in [1.54, 1.807) is 0 Å². The van der Waals surface area contributed by atoms with Crippen LogP contribution in [0, 0.1) is 45.1 Å². The van der Waals surface area contributed by atoms with Gasteiger partial charge in [0.05, 0.1) is 16.9 Å². The zero-order chi connectivity index (χ0) is 18.8. The predicted molar refractivity (Wildman–Crippen MR) is 82.7 cm³/mol. The molecular formula is C17H12F3N3O3. The van der Waals surface area contributed by atoms with Crippen LogP contribution in [0.15, 0.2) is 30.4 Å². The van der Waals surface area contributed by atoms with E-state index in [0.29, 0.717) is 6.07 Å². The number of hydrogen-bond acceptors (Lipinski definition) is 4. The normalized spacial score (nSPS) is 32.0. The van der Waals surface area contributed by atoms with Crippen molar-refractivity contribution < 1.29 is 22.9 Å². The Bertz CT molecular complexity index is 889. The smallest absolute Gasteiger partial charge is 0.295 e. The van der Waals surface area contributed by atoms with Crippen LogP contribution in [-0.2, 0) is 11.0 Å². The van der Waals surface area contributed by atoms with Crippen LogP contribution in [0.5, 0.6) is 0 Å². The second-order valence-corrected chi connectivity index (χ2v) is 6.79. The van der Waals surface area contributed by atoms with Crippen molar-refractivity contribution in [2.24, 2.45) is 23.7 Å². The lowest BCUT2D eigenvalue weighted by Gasteiger charge is -2.25. The summed E-state index contributed by atoms with van der Waals surface area (Å²) < 4.78 is 39.7. The zero-order valence-electron chi connectivity index (χ0n) is 13.2. The molecule has 0 N–H and O–H groups in total. The van der Waals surface area contributed by atoms with Crippen molar-refractivity contribution >= 4 is 17.3 Å². The molecule has 1 saturated heterocycles. The highest BCUT2D eigenvalue weighted by Gasteiger charge is 2.59. The number of halogens is 3. The van der Waals surface area contributed by atoms with Crippen molar-refractivity contribution in [1.29, 1.82) is 5.26 Å². The van der Waals surface area contributed by atoms with Crippen LogP contribution in [0.1, 0.15) is 12.0 Å². The molecule has 1 saturated carbocycles. The maximum atomic E-state index is 13.2. The molecule has 1 heterocycles. The Morgan fingerprint density at radius 1 is 1.27 bits per heavy atom. The molecule has 134 valence electrons. The van der Waals surface area contributed by atoms with E-state index in [4.69, 9.17) is 0 Å². The maximum Gasteiger partial charge on any atom is 0.423 e. The highest BCUT2D eigenvalue weighted by molar-refractivity contribution is 6.00. The molecule has 1 aromatic rings. The molecule has 0 unspecified atom stereocenters. The van der Waals surface area contributed by atoms with Crippen molar-refractivity contribution in [2.75, 3.05) is 4.90 Å². The van der Waals surface area contributed by atoms with E-state index in [-0.39, 0.29) is 29.3 Å². The fourth-order valence-electron chi connectivity index (χ4n) is 4.60. The molecule has 1 aromatic carbocycles. The molecule has 6 nitrogen and oxygen atoms in total. The number of fused-ring (bicyclic) bond motifs is 5. The summed E-state index contributed by atoms with van der Waals surface area (Å²) in [6, 6.07) is 3.61. The number of nitrogens with zero attached hydrogens (tertiary/aromatic N) is 3. The number of rotatable bonds is 2. The van der Waals surface area contributed by atoms with Gasteiger partial charge in [0.1, 0.15) is 11.6 Å². The Balaban J connectivity index is 1.80. The van der Waals surface area contributed by atoms with Crippen LogP contribution in [0.4, 0.5) is 24.5 Å². The van der Waals surface area contributed by atoms with Gasteiger partial charge in [-0.05, 0) is 30.4 Å². The number of benzene rings is 1. The van der Waals surface area contributed by atoms with Gasteiger partial charge in [0, 0.05) is 17.7 Å². The predicted octanol–water partition coefficient (Wildman–Crippen LogP) is 3.29. The van der Waals surface area contributed by atoms with Crippen molar-refractivity contribution in [1.82, 2.24) is 0 Å². The minimum absolute atomic E-state index is 0.00140. The van der Waals surface area contributed by atoms with Gasteiger partial charge in [-0.25, -0.2) is 0 Å². The van der Waals surface area contributed by atoms with Crippen LogP contribution in [-0.4, -0.2) is 16.9 Å². The zero-order valence-corrected chi connectivity index (χ0v) is 13.2. The molecule has 26 heavy (non-hydrogen) atoms. The van der Waals surface area contributed by atoms with E-state index in [1.165, 1.54) is 0 Å². The van der Waals surface area contributed by atoms with E-state index in [2.05, 4.69) is 6.07 Å². The lowest BCUT2D eigenvalue weighted by molar-refractivity contribution is -0.388. The second kappa shape index (κ2) is 5.30. The molecule has 1 aliphatic heterocycles. The number of carbonyl (C=O) groups is 1. The minimum Gasteiger partial charge on any atom is -0.295 e. The molecular weight excluding hydrogens is 351 g/mol. The van der Waals surface area contributed by atoms with Gasteiger partial charge in [-0.3, -0.25) is 19.8 Å². The van der Waals surface area contributed by atoms with Gasteiger partial charge in [0.15, 0.2) is 0 Å². The van der Waals surface area contributed by atoms with Crippen molar-refractivity contribution in [2.45, 2.75) is 18.6 Å². The molecule has 0 radical (unpaired) electrons. The summed E-state index contributed by atoms with van der Waals surface area (Å²) in [4.78, 5) is 23.7.